The third kappa shape index (κ3) is 1.12. The highest BCUT2D eigenvalue weighted by molar-refractivity contribution is 7.07. The van der Waals surface area contributed by atoms with Gasteiger partial charge >= 0.3 is 0 Å². The molecule has 14 heavy (non-hydrogen) atoms. The molecule has 0 saturated carbocycles. The summed E-state index contributed by atoms with van der Waals surface area (Å²) < 4.78 is 5.02. The fourth-order valence-electron chi connectivity index (χ4n) is 1.39. The number of thiazole rings is 1. The Morgan fingerprint density at radius 2 is 2.29 bits per heavy atom. The molecule has 0 aliphatic rings. The van der Waals surface area contributed by atoms with Gasteiger partial charge in [0.05, 0.1) is 17.4 Å². The number of nitrogens with zero attached hydrogens (tertiary/aromatic N) is 2. The van der Waals surface area contributed by atoms with Crippen molar-refractivity contribution in [3.8, 4) is 11.3 Å². The third-order valence-corrected chi connectivity index (χ3v) is 2.67. The highest BCUT2D eigenvalue weighted by Crippen LogP contribution is 2.23. The Kier molecular flexibility index (Phi) is 1.61. The molecule has 4 heteroatoms. The summed E-state index contributed by atoms with van der Waals surface area (Å²) in [6.07, 6.45) is 1.71. The van der Waals surface area contributed by atoms with E-state index in [9.17, 15) is 0 Å². The normalized spacial score (nSPS) is 10.9. The number of hydrogen-bond donors (Lipinski definition) is 0. The Bertz CT molecular complexity index is 556. The largest absolute Gasteiger partial charge is 0.356 e. The van der Waals surface area contributed by atoms with Gasteiger partial charge in [0, 0.05) is 16.3 Å². The zero-order valence-electron chi connectivity index (χ0n) is 7.18. The number of benzene rings is 1. The van der Waals surface area contributed by atoms with Crippen molar-refractivity contribution >= 4 is 22.3 Å². The van der Waals surface area contributed by atoms with E-state index < -0.39 is 0 Å². The van der Waals surface area contributed by atoms with Crippen LogP contribution in [0.15, 0.2) is 39.8 Å². The Morgan fingerprint density at radius 1 is 1.29 bits per heavy atom. The number of aromatic nitrogens is 2. The lowest BCUT2D eigenvalue weighted by Crippen LogP contribution is -1.75. The summed E-state index contributed by atoms with van der Waals surface area (Å²) in [5, 5.41) is 6.76. The van der Waals surface area contributed by atoms with Crippen LogP contribution in [0.25, 0.3) is 22.2 Å². The number of rotatable bonds is 1. The lowest BCUT2D eigenvalue weighted by molar-refractivity contribution is 0.456. The average Bonchev–Trinajstić information content (AvgIpc) is 2.88. The molecule has 3 nitrogen and oxygen atoms in total. The van der Waals surface area contributed by atoms with Crippen LogP contribution in [0.4, 0.5) is 0 Å². The van der Waals surface area contributed by atoms with Gasteiger partial charge in [-0.05, 0) is 18.2 Å². The van der Waals surface area contributed by atoms with Gasteiger partial charge in [0.25, 0.3) is 0 Å². The maximum Gasteiger partial charge on any atom is 0.166 e. The lowest BCUT2D eigenvalue weighted by Gasteiger charge is -1.94. The van der Waals surface area contributed by atoms with E-state index in [-0.39, 0.29) is 0 Å². The van der Waals surface area contributed by atoms with E-state index in [0.717, 1.165) is 22.2 Å². The fourth-order valence-corrected chi connectivity index (χ4v) is 1.95. The van der Waals surface area contributed by atoms with E-state index in [4.69, 9.17) is 4.52 Å². The Balaban J connectivity index is 2.23. The smallest absolute Gasteiger partial charge is 0.166 e. The third-order valence-electron chi connectivity index (χ3n) is 2.08. The lowest BCUT2D eigenvalue weighted by atomic mass is 10.1. The van der Waals surface area contributed by atoms with Gasteiger partial charge in [0.1, 0.15) is 0 Å². The van der Waals surface area contributed by atoms with Crippen LogP contribution in [-0.4, -0.2) is 10.1 Å². The van der Waals surface area contributed by atoms with Crippen LogP contribution in [0.5, 0.6) is 0 Å². The number of hydrogen-bond acceptors (Lipinski definition) is 4. The molecule has 1 aromatic carbocycles. The predicted octanol–water partition coefficient (Wildman–Crippen LogP) is 2.95. The molecule has 0 aliphatic carbocycles. The maximum atomic E-state index is 5.02. The van der Waals surface area contributed by atoms with Crippen LogP contribution in [0.1, 0.15) is 0 Å². The molecule has 68 valence electrons. The highest BCUT2D eigenvalue weighted by Gasteiger charge is 2.03. The molecular formula is C10H6N2OS. The van der Waals surface area contributed by atoms with Gasteiger partial charge in [-0.15, -0.1) is 11.3 Å². The molecule has 2 aromatic heterocycles. The van der Waals surface area contributed by atoms with Crippen LogP contribution in [-0.2, 0) is 0 Å². The van der Waals surface area contributed by atoms with Crippen molar-refractivity contribution < 1.29 is 4.52 Å². The van der Waals surface area contributed by atoms with E-state index in [0.29, 0.717) is 0 Å². The van der Waals surface area contributed by atoms with Gasteiger partial charge in [-0.1, -0.05) is 5.16 Å². The molecule has 0 unspecified atom stereocenters. The van der Waals surface area contributed by atoms with Crippen molar-refractivity contribution in [2.45, 2.75) is 0 Å². The first-order valence-corrected chi connectivity index (χ1v) is 5.11. The minimum Gasteiger partial charge on any atom is -0.356 e. The molecule has 0 fully saturated rings. The molecule has 0 atom stereocenters. The zero-order valence-corrected chi connectivity index (χ0v) is 7.99. The minimum absolute atomic E-state index is 0.809. The van der Waals surface area contributed by atoms with E-state index in [1.54, 1.807) is 17.5 Å². The van der Waals surface area contributed by atoms with Gasteiger partial charge in [-0.25, -0.2) is 4.98 Å². The SMILES string of the molecule is c1nc(-c2ccc3oncc3c2)cs1. The summed E-state index contributed by atoms with van der Waals surface area (Å²) in [6.45, 7) is 0. The van der Waals surface area contributed by atoms with Crippen molar-refractivity contribution in [3.05, 3.63) is 35.3 Å². The number of fused-ring (bicyclic) bond motifs is 1. The van der Waals surface area contributed by atoms with Crippen molar-refractivity contribution in [2.24, 2.45) is 0 Å². The first-order chi connectivity index (χ1) is 6.93. The second-order valence-electron chi connectivity index (χ2n) is 2.95. The van der Waals surface area contributed by atoms with Gasteiger partial charge in [0.2, 0.25) is 0 Å². The summed E-state index contributed by atoms with van der Waals surface area (Å²) in [6, 6.07) is 5.93. The monoisotopic (exact) mass is 202 g/mol. The molecule has 0 N–H and O–H groups in total. The van der Waals surface area contributed by atoms with Crippen LogP contribution in [0, 0.1) is 0 Å². The average molecular weight is 202 g/mol. The first kappa shape index (κ1) is 7.70. The quantitative estimate of drug-likeness (QED) is 0.609. The molecule has 3 rings (SSSR count). The van der Waals surface area contributed by atoms with Crippen LogP contribution in [0.2, 0.25) is 0 Å². The topological polar surface area (TPSA) is 38.9 Å². The Labute approximate surface area is 84.0 Å². The molecule has 0 aliphatic heterocycles. The second-order valence-corrected chi connectivity index (χ2v) is 3.67. The standard InChI is InChI=1S/C10H6N2OS/c1-2-10-8(4-12-13-10)3-7(1)9-5-14-6-11-9/h1-6H. The molecular weight excluding hydrogens is 196 g/mol. The van der Waals surface area contributed by atoms with Gasteiger partial charge in [-0.2, -0.15) is 0 Å². The molecule has 0 spiro atoms. The van der Waals surface area contributed by atoms with Crippen LogP contribution < -0.4 is 0 Å². The van der Waals surface area contributed by atoms with E-state index in [2.05, 4.69) is 10.1 Å². The van der Waals surface area contributed by atoms with Crippen molar-refractivity contribution in [1.29, 1.82) is 0 Å². The molecule has 0 radical (unpaired) electrons. The van der Waals surface area contributed by atoms with Crippen molar-refractivity contribution in [3.63, 3.8) is 0 Å². The zero-order chi connectivity index (χ0) is 9.38. The van der Waals surface area contributed by atoms with Gasteiger partial charge in [-0.3, -0.25) is 0 Å². The van der Waals surface area contributed by atoms with Crippen LogP contribution in [0.3, 0.4) is 0 Å². The predicted molar refractivity (Wildman–Crippen MR) is 55.1 cm³/mol. The minimum atomic E-state index is 0.809. The summed E-state index contributed by atoms with van der Waals surface area (Å²) >= 11 is 1.59. The Hall–Kier alpha value is -1.68. The molecule has 3 aromatic rings. The molecule has 0 saturated heterocycles. The Morgan fingerprint density at radius 3 is 3.14 bits per heavy atom. The fraction of sp³-hybridized carbons (Fsp3) is 0. The van der Waals surface area contributed by atoms with Gasteiger partial charge in [0.15, 0.2) is 5.58 Å². The summed E-state index contributed by atoms with van der Waals surface area (Å²) in [4.78, 5) is 4.25. The van der Waals surface area contributed by atoms with Crippen LogP contribution >= 0.6 is 11.3 Å². The van der Waals surface area contributed by atoms with Crippen molar-refractivity contribution in [2.75, 3.05) is 0 Å². The molecule has 0 amide bonds. The van der Waals surface area contributed by atoms with Gasteiger partial charge < -0.3 is 4.52 Å². The first-order valence-electron chi connectivity index (χ1n) is 4.16. The summed E-state index contributed by atoms with van der Waals surface area (Å²) in [7, 11) is 0. The van der Waals surface area contributed by atoms with Crippen molar-refractivity contribution in [1.82, 2.24) is 10.1 Å². The van der Waals surface area contributed by atoms with E-state index in [1.165, 1.54) is 0 Å². The maximum absolute atomic E-state index is 5.02. The van der Waals surface area contributed by atoms with E-state index >= 15 is 0 Å². The summed E-state index contributed by atoms with van der Waals surface area (Å²) in [5.41, 5.74) is 4.73. The highest BCUT2D eigenvalue weighted by atomic mass is 32.1. The molecule has 0 bridgehead atoms. The molecule has 2 heterocycles. The summed E-state index contributed by atoms with van der Waals surface area (Å²) in [5.74, 6) is 0. The van der Waals surface area contributed by atoms with E-state index in [1.807, 2.05) is 29.1 Å². The second kappa shape index (κ2) is 2.92.